The van der Waals surface area contributed by atoms with Crippen molar-refractivity contribution >= 4 is 5.91 Å². The third-order valence-corrected chi connectivity index (χ3v) is 5.29. The predicted molar refractivity (Wildman–Crippen MR) is 95.6 cm³/mol. The van der Waals surface area contributed by atoms with Crippen LogP contribution in [0.1, 0.15) is 36.6 Å². The van der Waals surface area contributed by atoms with Crippen LogP contribution in [0.2, 0.25) is 0 Å². The summed E-state index contributed by atoms with van der Waals surface area (Å²) in [5.74, 6) is 0.413. The first-order chi connectivity index (χ1) is 12.2. The average Bonchev–Trinajstić information content (AvgIpc) is 3.17. The molecular weight excluding hydrogens is 314 g/mol. The minimum Gasteiger partial charge on any atom is -0.508 e. The van der Waals surface area contributed by atoms with Crippen molar-refractivity contribution in [3.05, 3.63) is 65.7 Å². The maximum atomic E-state index is 13.0. The summed E-state index contributed by atoms with van der Waals surface area (Å²) in [5, 5.41) is 10.3. The summed E-state index contributed by atoms with van der Waals surface area (Å²) >= 11 is 0. The van der Waals surface area contributed by atoms with Crippen molar-refractivity contribution in [2.45, 2.75) is 31.5 Å². The number of rotatable bonds is 4. The number of hydrazine groups is 1. The molecule has 130 valence electrons. The molecule has 2 aromatic carbocycles. The molecule has 25 heavy (non-hydrogen) atoms. The number of nitrogens with one attached hydrogen (secondary N) is 2. The van der Waals surface area contributed by atoms with E-state index in [1.165, 1.54) is 0 Å². The van der Waals surface area contributed by atoms with Crippen molar-refractivity contribution in [2.24, 2.45) is 5.92 Å². The SMILES string of the molecule is CCCN1C(=O)C2NNC(c3ccccc3O)C2C1c1ccccc1. The summed E-state index contributed by atoms with van der Waals surface area (Å²) in [5.41, 5.74) is 8.40. The van der Waals surface area contributed by atoms with Crippen LogP contribution in [0, 0.1) is 5.92 Å². The first-order valence-electron chi connectivity index (χ1n) is 8.86. The van der Waals surface area contributed by atoms with E-state index in [1.807, 2.05) is 41.3 Å². The number of para-hydroxylation sites is 1. The summed E-state index contributed by atoms with van der Waals surface area (Å²) < 4.78 is 0. The number of amides is 1. The van der Waals surface area contributed by atoms with Gasteiger partial charge in [-0.3, -0.25) is 4.79 Å². The van der Waals surface area contributed by atoms with E-state index in [-0.39, 0.29) is 35.7 Å². The van der Waals surface area contributed by atoms with E-state index in [0.29, 0.717) is 0 Å². The molecule has 0 bridgehead atoms. The Morgan fingerprint density at radius 1 is 1.00 bits per heavy atom. The zero-order chi connectivity index (χ0) is 17.4. The van der Waals surface area contributed by atoms with E-state index in [1.54, 1.807) is 6.07 Å². The molecule has 0 aromatic heterocycles. The molecular formula is C20H23N3O2. The molecule has 3 N–H and O–H groups in total. The molecule has 0 spiro atoms. The Bertz CT molecular complexity index is 765. The molecule has 2 aliphatic rings. The summed E-state index contributed by atoms with van der Waals surface area (Å²) in [6.45, 7) is 2.83. The number of likely N-dealkylation sites (tertiary alicyclic amines) is 1. The topological polar surface area (TPSA) is 64.6 Å². The fourth-order valence-electron chi connectivity index (χ4n) is 4.26. The third-order valence-electron chi connectivity index (χ3n) is 5.29. The molecule has 5 nitrogen and oxygen atoms in total. The summed E-state index contributed by atoms with van der Waals surface area (Å²) in [4.78, 5) is 15.0. The van der Waals surface area contributed by atoms with E-state index in [2.05, 4.69) is 29.9 Å². The Kier molecular flexibility index (Phi) is 4.19. The zero-order valence-corrected chi connectivity index (χ0v) is 14.2. The van der Waals surface area contributed by atoms with Gasteiger partial charge in [0.05, 0.1) is 12.1 Å². The van der Waals surface area contributed by atoms with Gasteiger partial charge >= 0.3 is 0 Å². The highest BCUT2D eigenvalue weighted by Crippen LogP contribution is 2.48. The monoisotopic (exact) mass is 337 g/mol. The summed E-state index contributed by atoms with van der Waals surface area (Å²) in [6.07, 6.45) is 0.920. The van der Waals surface area contributed by atoms with Gasteiger partial charge in [0.2, 0.25) is 5.91 Å². The van der Waals surface area contributed by atoms with Gasteiger partial charge in [-0.1, -0.05) is 55.5 Å². The lowest BCUT2D eigenvalue weighted by Gasteiger charge is -2.31. The van der Waals surface area contributed by atoms with Gasteiger partial charge in [0.15, 0.2) is 0 Å². The largest absolute Gasteiger partial charge is 0.508 e. The Balaban J connectivity index is 1.78. The molecule has 4 rings (SSSR count). The number of hydrogen-bond donors (Lipinski definition) is 3. The van der Waals surface area contributed by atoms with Crippen LogP contribution in [0.3, 0.4) is 0 Å². The molecule has 2 aromatic rings. The van der Waals surface area contributed by atoms with Gasteiger partial charge in [-0.05, 0) is 18.1 Å². The fraction of sp³-hybridized carbons (Fsp3) is 0.350. The van der Waals surface area contributed by atoms with Crippen LogP contribution in [-0.2, 0) is 4.79 Å². The highest BCUT2D eigenvalue weighted by molar-refractivity contribution is 5.86. The standard InChI is InChI=1S/C20H23N3O2/c1-2-12-23-19(13-8-4-3-5-9-13)16-17(21-22-18(16)20(23)25)14-10-6-7-11-15(14)24/h3-11,16-19,21-22,24H,2,12H2,1H3. The predicted octanol–water partition coefficient (Wildman–Crippen LogP) is 2.52. The van der Waals surface area contributed by atoms with Gasteiger partial charge in [-0.2, -0.15) is 0 Å². The number of phenols is 1. The van der Waals surface area contributed by atoms with E-state index < -0.39 is 0 Å². The smallest absolute Gasteiger partial charge is 0.242 e. The molecule has 2 aliphatic heterocycles. The lowest BCUT2D eigenvalue weighted by molar-refractivity contribution is -0.130. The first kappa shape index (κ1) is 16.1. The number of carbonyl (C=O) groups is 1. The van der Waals surface area contributed by atoms with Crippen molar-refractivity contribution in [1.29, 1.82) is 0 Å². The van der Waals surface area contributed by atoms with Crippen LogP contribution in [0.15, 0.2) is 54.6 Å². The number of benzene rings is 2. The van der Waals surface area contributed by atoms with Crippen molar-refractivity contribution in [3.8, 4) is 5.75 Å². The Labute approximate surface area is 147 Å². The Morgan fingerprint density at radius 3 is 2.40 bits per heavy atom. The summed E-state index contributed by atoms with van der Waals surface area (Å²) in [7, 11) is 0. The van der Waals surface area contributed by atoms with Gasteiger partial charge in [-0.25, -0.2) is 10.9 Å². The van der Waals surface area contributed by atoms with Crippen LogP contribution < -0.4 is 10.9 Å². The van der Waals surface area contributed by atoms with Gasteiger partial charge in [0.25, 0.3) is 0 Å². The fourth-order valence-corrected chi connectivity index (χ4v) is 4.26. The van der Waals surface area contributed by atoms with Gasteiger partial charge in [0, 0.05) is 18.0 Å². The molecule has 4 atom stereocenters. The Hall–Kier alpha value is -2.37. The Morgan fingerprint density at radius 2 is 1.68 bits per heavy atom. The van der Waals surface area contributed by atoms with Gasteiger partial charge < -0.3 is 10.0 Å². The van der Waals surface area contributed by atoms with Gasteiger partial charge in [0.1, 0.15) is 11.8 Å². The van der Waals surface area contributed by atoms with E-state index >= 15 is 0 Å². The van der Waals surface area contributed by atoms with Crippen LogP contribution >= 0.6 is 0 Å². The van der Waals surface area contributed by atoms with Crippen LogP contribution in [0.25, 0.3) is 0 Å². The highest BCUT2D eigenvalue weighted by atomic mass is 16.3. The molecule has 0 aliphatic carbocycles. The minimum atomic E-state index is -0.277. The van der Waals surface area contributed by atoms with E-state index in [9.17, 15) is 9.90 Å². The first-order valence-corrected chi connectivity index (χ1v) is 8.86. The van der Waals surface area contributed by atoms with Crippen LogP contribution in [-0.4, -0.2) is 28.5 Å². The molecule has 1 amide bonds. The normalized spacial score (nSPS) is 28.4. The molecule has 2 heterocycles. The molecule has 4 unspecified atom stereocenters. The lowest BCUT2D eigenvalue weighted by atomic mass is 9.83. The van der Waals surface area contributed by atoms with E-state index in [0.717, 1.165) is 24.1 Å². The lowest BCUT2D eigenvalue weighted by Crippen LogP contribution is -2.41. The number of fused-ring (bicyclic) bond motifs is 1. The van der Waals surface area contributed by atoms with Crippen molar-refractivity contribution in [1.82, 2.24) is 15.8 Å². The number of carbonyl (C=O) groups excluding carboxylic acids is 1. The molecule has 0 radical (unpaired) electrons. The van der Waals surface area contributed by atoms with Gasteiger partial charge in [-0.15, -0.1) is 0 Å². The summed E-state index contributed by atoms with van der Waals surface area (Å²) in [6, 6.07) is 17.1. The van der Waals surface area contributed by atoms with Crippen molar-refractivity contribution < 1.29 is 9.90 Å². The highest BCUT2D eigenvalue weighted by Gasteiger charge is 2.55. The van der Waals surface area contributed by atoms with Crippen LogP contribution in [0.4, 0.5) is 0 Å². The molecule has 2 fully saturated rings. The maximum absolute atomic E-state index is 13.0. The third kappa shape index (κ3) is 2.60. The second kappa shape index (κ2) is 6.50. The molecule has 2 saturated heterocycles. The number of phenolic OH excluding ortho intramolecular Hbond substituents is 1. The number of aromatic hydroxyl groups is 1. The maximum Gasteiger partial charge on any atom is 0.242 e. The number of nitrogens with zero attached hydrogens (tertiary/aromatic N) is 1. The van der Waals surface area contributed by atoms with Crippen LogP contribution in [0.5, 0.6) is 5.75 Å². The molecule has 0 saturated carbocycles. The number of hydrogen-bond acceptors (Lipinski definition) is 4. The minimum absolute atomic E-state index is 0.00856. The second-order valence-corrected chi connectivity index (χ2v) is 6.77. The quantitative estimate of drug-likeness (QED) is 0.802. The average molecular weight is 337 g/mol. The second-order valence-electron chi connectivity index (χ2n) is 6.77. The van der Waals surface area contributed by atoms with Crippen molar-refractivity contribution in [3.63, 3.8) is 0 Å². The van der Waals surface area contributed by atoms with E-state index in [4.69, 9.17) is 0 Å². The molecule has 5 heteroatoms. The van der Waals surface area contributed by atoms with Crippen molar-refractivity contribution in [2.75, 3.05) is 6.54 Å². The zero-order valence-electron chi connectivity index (χ0n) is 14.2.